The Kier molecular flexibility index (Phi) is 3.90. The maximum absolute atomic E-state index is 12.8. The molecule has 2 aromatic heterocycles. The lowest BCUT2D eigenvalue weighted by atomic mass is 9.97. The number of fused-ring (bicyclic) bond motifs is 1. The van der Waals surface area contributed by atoms with Gasteiger partial charge in [-0.2, -0.15) is 0 Å². The number of amides is 1. The van der Waals surface area contributed by atoms with Crippen molar-refractivity contribution in [2.45, 2.75) is 20.8 Å². The van der Waals surface area contributed by atoms with E-state index in [1.165, 1.54) is 0 Å². The smallest absolute Gasteiger partial charge is 0.270 e. The van der Waals surface area contributed by atoms with Crippen molar-refractivity contribution in [2.75, 3.05) is 6.54 Å². The first-order chi connectivity index (χ1) is 11.0. The van der Waals surface area contributed by atoms with E-state index in [1.807, 2.05) is 59.1 Å². The van der Waals surface area contributed by atoms with E-state index in [2.05, 4.69) is 31.1 Å². The maximum atomic E-state index is 12.8. The number of hydrogen-bond donors (Lipinski definition) is 1. The lowest BCUT2D eigenvalue weighted by molar-refractivity contribution is 0.0934. The van der Waals surface area contributed by atoms with Crippen molar-refractivity contribution in [3.63, 3.8) is 0 Å². The molecule has 0 unspecified atom stereocenters. The molecule has 3 aromatic rings. The fourth-order valence-corrected chi connectivity index (χ4v) is 2.44. The van der Waals surface area contributed by atoms with Crippen LogP contribution in [-0.2, 0) is 0 Å². The molecule has 0 saturated carbocycles. The number of aromatic nitrogens is 2. The number of imidazole rings is 1. The van der Waals surface area contributed by atoms with Gasteiger partial charge in [-0.3, -0.25) is 9.20 Å². The number of hydrogen-bond acceptors (Lipinski definition) is 2. The third kappa shape index (κ3) is 3.26. The Labute approximate surface area is 136 Å². The molecule has 118 valence electrons. The zero-order valence-corrected chi connectivity index (χ0v) is 13.7. The van der Waals surface area contributed by atoms with Crippen LogP contribution in [0.3, 0.4) is 0 Å². The molecule has 0 radical (unpaired) electrons. The highest BCUT2D eigenvalue weighted by molar-refractivity contribution is 5.99. The van der Waals surface area contributed by atoms with Gasteiger partial charge >= 0.3 is 0 Å². The molecule has 1 amide bonds. The summed E-state index contributed by atoms with van der Waals surface area (Å²) in [6.07, 6.45) is 1.88. The second kappa shape index (κ2) is 5.88. The highest BCUT2D eigenvalue weighted by Gasteiger charge is 2.21. The van der Waals surface area contributed by atoms with Crippen molar-refractivity contribution < 1.29 is 4.79 Å². The van der Waals surface area contributed by atoms with E-state index in [4.69, 9.17) is 0 Å². The van der Waals surface area contributed by atoms with E-state index in [0.29, 0.717) is 17.9 Å². The maximum Gasteiger partial charge on any atom is 0.270 e. The van der Waals surface area contributed by atoms with Gasteiger partial charge in [0, 0.05) is 18.3 Å². The average Bonchev–Trinajstić information content (AvgIpc) is 2.92. The molecule has 0 bridgehead atoms. The molecule has 0 saturated heterocycles. The molecule has 1 N–H and O–H groups in total. The predicted octanol–water partition coefficient (Wildman–Crippen LogP) is 3.78. The number of benzene rings is 1. The van der Waals surface area contributed by atoms with E-state index < -0.39 is 0 Å². The number of pyridine rings is 1. The first-order valence-electron chi connectivity index (χ1n) is 7.76. The molecular weight excluding hydrogens is 286 g/mol. The quantitative estimate of drug-likeness (QED) is 0.800. The summed E-state index contributed by atoms with van der Waals surface area (Å²) in [4.78, 5) is 17.4. The fraction of sp³-hybridized carbons (Fsp3) is 0.263. The molecule has 4 heteroatoms. The fourth-order valence-electron chi connectivity index (χ4n) is 2.44. The van der Waals surface area contributed by atoms with Gasteiger partial charge in [-0.15, -0.1) is 0 Å². The molecule has 0 aliphatic rings. The summed E-state index contributed by atoms with van der Waals surface area (Å²) in [6.45, 7) is 6.90. The Bertz CT molecular complexity index is 829. The summed E-state index contributed by atoms with van der Waals surface area (Å²) >= 11 is 0. The van der Waals surface area contributed by atoms with Gasteiger partial charge in [0.05, 0.1) is 0 Å². The first-order valence-corrected chi connectivity index (χ1v) is 7.76. The minimum absolute atomic E-state index is 0.0308. The van der Waals surface area contributed by atoms with E-state index in [0.717, 1.165) is 11.2 Å². The molecule has 0 atom stereocenters. The third-order valence-electron chi connectivity index (χ3n) is 3.57. The predicted molar refractivity (Wildman–Crippen MR) is 92.4 cm³/mol. The molecular formula is C19H21N3O. The Morgan fingerprint density at radius 1 is 1.09 bits per heavy atom. The van der Waals surface area contributed by atoms with Crippen LogP contribution in [0.1, 0.15) is 31.3 Å². The largest absolute Gasteiger partial charge is 0.350 e. The summed E-state index contributed by atoms with van der Waals surface area (Å²) in [6, 6.07) is 15.6. The lowest BCUT2D eigenvalue weighted by Gasteiger charge is -2.18. The second-order valence-corrected chi connectivity index (χ2v) is 6.85. The monoisotopic (exact) mass is 307 g/mol. The number of nitrogens with one attached hydrogen (secondary N) is 1. The highest BCUT2D eigenvalue weighted by Crippen LogP contribution is 2.24. The summed E-state index contributed by atoms with van der Waals surface area (Å²) in [5.74, 6) is -0.0996. The number of carbonyl (C=O) groups is 1. The molecule has 1 aromatic carbocycles. The number of nitrogens with zero attached hydrogens (tertiary/aromatic N) is 2. The van der Waals surface area contributed by atoms with Gasteiger partial charge in [0.2, 0.25) is 0 Å². The molecule has 0 aliphatic heterocycles. The SMILES string of the molecule is CC(C)(C)CNC(=O)c1c(-c2ccccc2)nc2ccccn12. The molecule has 0 aliphatic carbocycles. The van der Waals surface area contributed by atoms with Crippen LogP contribution in [0.4, 0.5) is 0 Å². The highest BCUT2D eigenvalue weighted by atomic mass is 16.1. The van der Waals surface area contributed by atoms with Crippen molar-refractivity contribution in [1.82, 2.24) is 14.7 Å². The Hall–Kier alpha value is -2.62. The zero-order chi connectivity index (χ0) is 16.4. The van der Waals surface area contributed by atoms with Gasteiger partial charge in [-0.25, -0.2) is 4.98 Å². The van der Waals surface area contributed by atoms with Crippen molar-refractivity contribution in [3.05, 3.63) is 60.4 Å². The van der Waals surface area contributed by atoms with E-state index in [-0.39, 0.29) is 11.3 Å². The number of rotatable bonds is 3. The minimum atomic E-state index is -0.0996. The van der Waals surface area contributed by atoms with Crippen LogP contribution in [0.25, 0.3) is 16.9 Å². The van der Waals surface area contributed by atoms with Gasteiger partial charge in [-0.1, -0.05) is 57.2 Å². The standard InChI is InChI=1S/C19H21N3O/c1-19(2,3)13-20-18(23)17-16(14-9-5-4-6-10-14)21-15-11-7-8-12-22(15)17/h4-12H,13H2,1-3H3,(H,20,23). The van der Waals surface area contributed by atoms with E-state index in [1.54, 1.807) is 0 Å². The van der Waals surface area contributed by atoms with Crippen LogP contribution < -0.4 is 5.32 Å². The summed E-state index contributed by atoms with van der Waals surface area (Å²) in [7, 11) is 0. The molecule has 3 rings (SSSR count). The lowest BCUT2D eigenvalue weighted by Crippen LogP contribution is -2.33. The minimum Gasteiger partial charge on any atom is -0.350 e. The first kappa shape index (κ1) is 15.3. The summed E-state index contributed by atoms with van der Waals surface area (Å²) < 4.78 is 1.85. The van der Waals surface area contributed by atoms with Crippen LogP contribution >= 0.6 is 0 Å². The van der Waals surface area contributed by atoms with Crippen molar-refractivity contribution in [3.8, 4) is 11.3 Å². The van der Waals surface area contributed by atoms with Gasteiger partial charge in [0.1, 0.15) is 17.0 Å². The molecule has 0 fully saturated rings. The third-order valence-corrected chi connectivity index (χ3v) is 3.57. The normalized spacial score (nSPS) is 11.6. The Morgan fingerprint density at radius 2 is 1.78 bits per heavy atom. The van der Waals surface area contributed by atoms with Crippen molar-refractivity contribution in [1.29, 1.82) is 0 Å². The summed E-state index contributed by atoms with van der Waals surface area (Å²) in [5, 5.41) is 3.03. The number of carbonyl (C=O) groups excluding carboxylic acids is 1. The van der Waals surface area contributed by atoms with Crippen molar-refractivity contribution >= 4 is 11.6 Å². The summed E-state index contributed by atoms with van der Waals surface area (Å²) in [5.41, 5.74) is 3.03. The molecule has 4 nitrogen and oxygen atoms in total. The van der Waals surface area contributed by atoms with Crippen LogP contribution in [0.15, 0.2) is 54.7 Å². The van der Waals surface area contributed by atoms with Gasteiger partial charge in [0.25, 0.3) is 5.91 Å². The van der Waals surface area contributed by atoms with Crippen LogP contribution in [0.5, 0.6) is 0 Å². The molecule has 0 spiro atoms. The van der Waals surface area contributed by atoms with Crippen LogP contribution in [0.2, 0.25) is 0 Å². The van der Waals surface area contributed by atoms with Crippen molar-refractivity contribution in [2.24, 2.45) is 5.41 Å². The van der Waals surface area contributed by atoms with E-state index >= 15 is 0 Å². The zero-order valence-electron chi connectivity index (χ0n) is 13.7. The Balaban J connectivity index is 2.08. The van der Waals surface area contributed by atoms with Gasteiger partial charge in [0.15, 0.2) is 0 Å². The molecule has 2 heterocycles. The average molecular weight is 307 g/mol. The topological polar surface area (TPSA) is 46.4 Å². The van der Waals surface area contributed by atoms with E-state index in [9.17, 15) is 4.79 Å². The van der Waals surface area contributed by atoms with Gasteiger partial charge in [-0.05, 0) is 17.5 Å². The van der Waals surface area contributed by atoms with Gasteiger partial charge < -0.3 is 5.32 Å². The molecule has 23 heavy (non-hydrogen) atoms. The Morgan fingerprint density at radius 3 is 2.48 bits per heavy atom. The van der Waals surface area contributed by atoms with Crippen LogP contribution in [-0.4, -0.2) is 21.8 Å². The second-order valence-electron chi connectivity index (χ2n) is 6.85. The van der Waals surface area contributed by atoms with Crippen LogP contribution in [0, 0.1) is 5.41 Å².